The number of imidazole rings is 1. The molecule has 0 atom stereocenters. The van der Waals surface area contributed by atoms with Gasteiger partial charge in [0.2, 0.25) is 5.82 Å². The Morgan fingerprint density at radius 3 is 2.61 bits per heavy atom. The van der Waals surface area contributed by atoms with E-state index in [4.69, 9.17) is 32.5 Å². The maximum absolute atomic E-state index is 16.6. The SMILES string of the molecule is C=CC1CCC(Cn2c(C3(F)CCCCC3)nc3nc(C(=N)OC(N)=O)nc(-c4cncc(Cl)c4)c32)CC1. The van der Waals surface area contributed by atoms with Crippen LogP contribution in [0.2, 0.25) is 5.02 Å². The number of nitrogens with one attached hydrogen (secondary N) is 1. The Hall–Kier alpha value is -3.40. The molecule has 0 spiro atoms. The fraction of sp³-hybridized carbons (Fsp3) is 0.481. The minimum absolute atomic E-state index is 0.189. The quantitative estimate of drug-likeness (QED) is 0.221. The summed E-state index contributed by atoms with van der Waals surface area (Å²) < 4.78 is 23.3. The van der Waals surface area contributed by atoms with Crippen LogP contribution in [0.3, 0.4) is 0 Å². The lowest BCUT2D eigenvalue weighted by Gasteiger charge is -2.32. The molecule has 2 aliphatic rings. The minimum atomic E-state index is -1.60. The molecule has 0 aromatic carbocycles. The first kappa shape index (κ1) is 26.2. The fourth-order valence-corrected chi connectivity index (χ4v) is 5.92. The third-order valence-corrected chi connectivity index (χ3v) is 7.91. The first-order valence-electron chi connectivity index (χ1n) is 13.0. The number of amides is 1. The third-order valence-electron chi connectivity index (χ3n) is 7.70. The van der Waals surface area contributed by atoms with Gasteiger partial charge in [-0.25, -0.2) is 24.1 Å². The van der Waals surface area contributed by atoms with E-state index in [9.17, 15) is 4.79 Å². The van der Waals surface area contributed by atoms with Crippen LogP contribution in [0.1, 0.15) is 69.4 Å². The van der Waals surface area contributed by atoms with Crippen LogP contribution in [0.25, 0.3) is 22.4 Å². The standard InChI is InChI=1S/C27H31ClFN7O2/c1-2-16-6-8-17(9-7-16)15-36-21-20(18-12-19(28)14-32-13-18)33-24(22(30)38-26(31)37)34-23(21)35-25(36)27(29)10-4-3-5-11-27/h2,12-14,16-17,30H,1,3-11,15H2,(H2,31,37). The largest absolute Gasteiger partial charge is 0.411 e. The summed E-state index contributed by atoms with van der Waals surface area (Å²) in [6.07, 6.45) is 11.4. The molecule has 2 fully saturated rings. The lowest BCUT2D eigenvalue weighted by molar-refractivity contribution is 0.0892. The number of primary amides is 1. The van der Waals surface area contributed by atoms with E-state index in [-0.39, 0.29) is 11.5 Å². The predicted octanol–water partition coefficient (Wildman–Crippen LogP) is 6.08. The van der Waals surface area contributed by atoms with Crippen LogP contribution < -0.4 is 5.73 Å². The monoisotopic (exact) mass is 539 g/mol. The van der Waals surface area contributed by atoms with Crippen molar-refractivity contribution in [3.63, 3.8) is 0 Å². The summed E-state index contributed by atoms with van der Waals surface area (Å²) in [6.45, 7) is 4.52. The smallest absolute Gasteiger partial charge is 0.388 e. The van der Waals surface area contributed by atoms with Gasteiger partial charge in [-0.1, -0.05) is 24.1 Å². The summed E-state index contributed by atoms with van der Waals surface area (Å²) in [5, 5.41) is 8.56. The number of fused-ring (bicyclic) bond motifs is 1. The molecule has 0 radical (unpaired) electrons. The minimum Gasteiger partial charge on any atom is -0.388 e. The zero-order valence-corrected chi connectivity index (χ0v) is 21.9. The molecule has 3 aromatic heterocycles. The second kappa shape index (κ2) is 10.8. The number of alkyl halides is 1. The predicted molar refractivity (Wildman–Crippen MR) is 143 cm³/mol. The van der Waals surface area contributed by atoms with Gasteiger partial charge >= 0.3 is 6.09 Å². The number of carbonyl (C=O) groups is 1. The highest BCUT2D eigenvalue weighted by Crippen LogP contribution is 2.43. The van der Waals surface area contributed by atoms with Crippen molar-refractivity contribution in [2.24, 2.45) is 17.6 Å². The normalized spacial score (nSPS) is 21.2. The van der Waals surface area contributed by atoms with Crippen LogP contribution in [0.15, 0.2) is 31.1 Å². The van der Waals surface area contributed by atoms with Crippen molar-refractivity contribution in [2.45, 2.75) is 70.0 Å². The van der Waals surface area contributed by atoms with Crippen molar-refractivity contribution in [3.05, 3.63) is 47.8 Å². The molecule has 0 bridgehead atoms. The van der Waals surface area contributed by atoms with Gasteiger partial charge in [0.1, 0.15) is 17.0 Å². The average Bonchev–Trinajstić information content (AvgIpc) is 3.28. The number of nitrogens with two attached hydrogens (primary N) is 1. The van der Waals surface area contributed by atoms with Crippen LogP contribution in [-0.4, -0.2) is 36.5 Å². The Labute approximate surface area is 225 Å². The molecule has 9 nitrogen and oxygen atoms in total. The van der Waals surface area contributed by atoms with E-state index in [1.165, 1.54) is 6.20 Å². The van der Waals surface area contributed by atoms with Gasteiger partial charge in [0, 0.05) is 24.5 Å². The Balaban J connectivity index is 1.71. The Kier molecular flexibility index (Phi) is 7.43. The summed E-state index contributed by atoms with van der Waals surface area (Å²) >= 11 is 6.26. The van der Waals surface area contributed by atoms with Gasteiger partial charge in [-0.05, 0) is 69.3 Å². The molecule has 1 amide bonds. The van der Waals surface area contributed by atoms with Crippen LogP contribution in [0, 0.1) is 17.2 Å². The molecule has 5 rings (SSSR count). The first-order chi connectivity index (χ1) is 18.3. The fourth-order valence-electron chi connectivity index (χ4n) is 5.75. The third kappa shape index (κ3) is 5.27. The summed E-state index contributed by atoms with van der Waals surface area (Å²) in [5.74, 6) is 0.359. The number of carbonyl (C=O) groups excluding carboxylic acids is 1. The molecule has 0 saturated heterocycles. The number of nitrogens with zero attached hydrogens (tertiary/aromatic N) is 5. The van der Waals surface area contributed by atoms with Crippen molar-refractivity contribution in [1.29, 1.82) is 5.41 Å². The zero-order valence-electron chi connectivity index (χ0n) is 21.1. The van der Waals surface area contributed by atoms with Gasteiger partial charge in [0.05, 0.1) is 5.02 Å². The number of pyridine rings is 1. The summed E-state index contributed by atoms with van der Waals surface area (Å²) in [5.41, 5.74) is 5.23. The molecule has 3 heterocycles. The number of ether oxygens (including phenoxy) is 1. The van der Waals surface area contributed by atoms with Gasteiger partial charge in [-0.2, -0.15) is 0 Å². The maximum atomic E-state index is 16.6. The van der Waals surface area contributed by atoms with Crippen LogP contribution in [0.5, 0.6) is 0 Å². The number of rotatable bonds is 6. The molecular weight excluding hydrogens is 509 g/mol. The second-order valence-electron chi connectivity index (χ2n) is 10.3. The Bertz CT molecular complexity index is 1380. The second-order valence-corrected chi connectivity index (χ2v) is 10.7. The topological polar surface area (TPSA) is 133 Å². The van der Waals surface area contributed by atoms with Gasteiger partial charge in [-0.3, -0.25) is 10.4 Å². The summed E-state index contributed by atoms with van der Waals surface area (Å²) in [6, 6.07) is 1.69. The highest BCUT2D eigenvalue weighted by Gasteiger charge is 2.40. The lowest BCUT2D eigenvalue weighted by atomic mass is 9.81. The van der Waals surface area contributed by atoms with E-state index in [0.29, 0.717) is 58.8 Å². The average molecular weight is 540 g/mol. The number of allylic oxidation sites excluding steroid dienone is 1. The van der Waals surface area contributed by atoms with Crippen molar-refractivity contribution in [3.8, 4) is 11.3 Å². The van der Waals surface area contributed by atoms with E-state index >= 15 is 4.39 Å². The van der Waals surface area contributed by atoms with E-state index in [0.717, 1.165) is 44.9 Å². The van der Waals surface area contributed by atoms with Crippen LogP contribution >= 0.6 is 11.6 Å². The molecule has 0 unspecified atom stereocenters. The molecule has 0 aliphatic heterocycles. The van der Waals surface area contributed by atoms with E-state index in [1.807, 2.05) is 10.6 Å². The molecule has 200 valence electrons. The van der Waals surface area contributed by atoms with Crippen molar-refractivity contribution < 1.29 is 13.9 Å². The molecule has 11 heteroatoms. The van der Waals surface area contributed by atoms with Gasteiger partial charge in [0.15, 0.2) is 11.3 Å². The summed E-state index contributed by atoms with van der Waals surface area (Å²) in [4.78, 5) is 29.2. The maximum Gasteiger partial charge on any atom is 0.411 e. The van der Waals surface area contributed by atoms with Crippen molar-refractivity contribution in [1.82, 2.24) is 24.5 Å². The van der Waals surface area contributed by atoms with E-state index in [1.54, 1.807) is 12.3 Å². The van der Waals surface area contributed by atoms with E-state index in [2.05, 4.69) is 21.5 Å². The Morgan fingerprint density at radius 1 is 1.21 bits per heavy atom. The first-order valence-corrected chi connectivity index (χ1v) is 13.4. The van der Waals surface area contributed by atoms with Crippen molar-refractivity contribution >= 4 is 34.8 Å². The number of hydrogen-bond donors (Lipinski definition) is 2. The molecule has 2 saturated carbocycles. The van der Waals surface area contributed by atoms with Gasteiger partial charge in [0.25, 0.3) is 5.90 Å². The number of aromatic nitrogens is 5. The molecule has 3 aromatic rings. The number of halogens is 2. The highest BCUT2D eigenvalue weighted by molar-refractivity contribution is 6.30. The zero-order chi connectivity index (χ0) is 26.9. The van der Waals surface area contributed by atoms with Crippen LogP contribution in [-0.2, 0) is 17.0 Å². The molecule has 38 heavy (non-hydrogen) atoms. The van der Waals surface area contributed by atoms with Crippen molar-refractivity contribution in [2.75, 3.05) is 0 Å². The number of hydrogen-bond acceptors (Lipinski definition) is 7. The van der Waals surface area contributed by atoms with Gasteiger partial charge in [-0.15, -0.1) is 6.58 Å². The Morgan fingerprint density at radius 2 is 1.95 bits per heavy atom. The highest BCUT2D eigenvalue weighted by atomic mass is 35.5. The lowest BCUT2D eigenvalue weighted by Crippen LogP contribution is -2.29. The summed E-state index contributed by atoms with van der Waals surface area (Å²) in [7, 11) is 0. The van der Waals surface area contributed by atoms with E-state index < -0.39 is 17.7 Å². The molecule has 2 aliphatic carbocycles. The molecular formula is C27H31ClFN7O2. The molecule has 3 N–H and O–H groups in total. The van der Waals surface area contributed by atoms with Gasteiger partial charge < -0.3 is 15.0 Å². The van der Waals surface area contributed by atoms with Crippen LogP contribution in [0.4, 0.5) is 9.18 Å².